The van der Waals surface area contributed by atoms with Gasteiger partial charge in [0.05, 0.1) is 0 Å². The fourth-order valence-electron chi connectivity index (χ4n) is 3.85. The highest BCUT2D eigenvalue weighted by molar-refractivity contribution is 6.05. The molecule has 1 aromatic carbocycles. The number of nitrogens with one attached hydrogen (secondary N) is 1. The van der Waals surface area contributed by atoms with Crippen molar-refractivity contribution >= 4 is 17.7 Å². The summed E-state index contributed by atoms with van der Waals surface area (Å²) in [5.41, 5.74) is 2.35. The van der Waals surface area contributed by atoms with Crippen LogP contribution in [0.4, 0.5) is 0 Å². The number of carbonyl (C=O) groups is 3. The number of hydrogen-bond donors (Lipinski definition) is 1. The molecule has 0 aromatic heterocycles. The highest BCUT2D eigenvalue weighted by atomic mass is 16.5. The minimum Gasteiger partial charge on any atom is -0.385 e. The summed E-state index contributed by atoms with van der Waals surface area (Å²) in [5.74, 6) is 5.62. The van der Waals surface area contributed by atoms with Crippen LogP contribution in [0, 0.1) is 11.8 Å². The summed E-state index contributed by atoms with van der Waals surface area (Å²) in [7, 11) is 1.73. The molecule has 1 aromatic rings. The number of rotatable bonds is 8. The number of piperidine rings is 1. The van der Waals surface area contributed by atoms with Crippen LogP contribution in [0.15, 0.2) is 18.2 Å². The number of carbonyl (C=O) groups excluding carboxylic acids is 3. The summed E-state index contributed by atoms with van der Waals surface area (Å²) in [6.45, 7) is 1.19. The van der Waals surface area contributed by atoms with Gasteiger partial charge < -0.3 is 9.64 Å². The van der Waals surface area contributed by atoms with Crippen LogP contribution in [0.1, 0.15) is 72.9 Å². The summed E-state index contributed by atoms with van der Waals surface area (Å²) >= 11 is 0. The largest absolute Gasteiger partial charge is 0.385 e. The van der Waals surface area contributed by atoms with E-state index in [1.165, 1.54) is 12.8 Å². The molecule has 1 N–H and O–H groups in total. The first-order valence-electron chi connectivity index (χ1n) is 10.4. The van der Waals surface area contributed by atoms with Gasteiger partial charge in [0, 0.05) is 44.2 Å². The van der Waals surface area contributed by atoms with Gasteiger partial charge in [-0.15, -0.1) is 0 Å². The lowest BCUT2D eigenvalue weighted by atomic mass is 10.0. The third kappa shape index (κ3) is 5.24. The van der Waals surface area contributed by atoms with Crippen molar-refractivity contribution in [2.24, 2.45) is 0 Å². The molecular weight excluding hydrogens is 368 g/mol. The predicted octanol–water partition coefficient (Wildman–Crippen LogP) is 2.79. The predicted molar refractivity (Wildman–Crippen MR) is 109 cm³/mol. The van der Waals surface area contributed by atoms with Crippen LogP contribution in [0.25, 0.3) is 0 Å². The number of amides is 3. The topological polar surface area (TPSA) is 75.7 Å². The maximum atomic E-state index is 12.8. The Balaban J connectivity index is 1.57. The maximum absolute atomic E-state index is 12.8. The molecule has 1 unspecified atom stereocenters. The van der Waals surface area contributed by atoms with E-state index in [0.29, 0.717) is 18.5 Å². The lowest BCUT2D eigenvalue weighted by Crippen LogP contribution is -2.52. The molecule has 0 saturated carbocycles. The van der Waals surface area contributed by atoms with Crippen LogP contribution in [-0.2, 0) is 20.9 Å². The Morgan fingerprint density at radius 1 is 1.14 bits per heavy atom. The molecule has 154 valence electrons. The van der Waals surface area contributed by atoms with Crippen LogP contribution >= 0.6 is 0 Å². The van der Waals surface area contributed by atoms with E-state index >= 15 is 0 Å². The van der Waals surface area contributed by atoms with Gasteiger partial charge >= 0.3 is 0 Å². The Morgan fingerprint density at radius 3 is 2.72 bits per heavy atom. The Morgan fingerprint density at radius 2 is 1.93 bits per heavy atom. The van der Waals surface area contributed by atoms with Gasteiger partial charge in [-0.2, -0.15) is 0 Å². The average molecular weight is 396 g/mol. The van der Waals surface area contributed by atoms with Crippen molar-refractivity contribution in [3.8, 4) is 11.8 Å². The molecule has 1 fully saturated rings. The summed E-state index contributed by atoms with van der Waals surface area (Å²) < 4.78 is 5.05. The van der Waals surface area contributed by atoms with Crippen LogP contribution in [0.3, 0.4) is 0 Å². The molecule has 6 nitrogen and oxygen atoms in total. The second-order valence-corrected chi connectivity index (χ2v) is 7.54. The molecule has 2 aliphatic rings. The van der Waals surface area contributed by atoms with E-state index in [1.807, 2.05) is 12.1 Å². The molecule has 2 heterocycles. The minimum atomic E-state index is -0.591. The van der Waals surface area contributed by atoms with Gasteiger partial charge in [-0.25, -0.2) is 0 Å². The van der Waals surface area contributed by atoms with E-state index < -0.39 is 6.04 Å². The van der Waals surface area contributed by atoms with Crippen LogP contribution < -0.4 is 5.32 Å². The lowest BCUT2D eigenvalue weighted by molar-refractivity contribution is -0.136. The highest BCUT2D eigenvalue weighted by Crippen LogP contribution is 2.29. The summed E-state index contributed by atoms with van der Waals surface area (Å²) in [6.07, 6.45) is 7.18. The molecule has 3 rings (SSSR count). The number of methoxy groups -OCH3 is 1. The van der Waals surface area contributed by atoms with E-state index in [-0.39, 0.29) is 24.1 Å². The zero-order valence-electron chi connectivity index (χ0n) is 17.0. The van der Waals surface area contributed by atoms with E-state index in [1.54, 1.807) is 18.1 Å². The van der Waals surface area contributed by atoms with Crippen molar-refractivity contribution in [3.05, 3.63) is 34.9 Å². The zero-order chi connectivity index (χ0) is 20.6. The second kappa shape index (κ2) is 10.2. The molecule has 0 bridgehead atoms. The molecule has 3 amide bonds. The SMILES string of the molecule is COCCCCCCCC#Cc1cccc2c1CN(C1CCC(=O)NC1=O)C2=O. The molecule has 2 aliphatic heterocycles. The number of ether oxygens (including phenoxy) is 1. The molecule has 1 atom stereocenters. The standard InChI is InChI=1S/C23H28N2O4/c1-29-15-8-6-4-2-3-5-7-10-17-11-9-12-18-19(17)16-25(23(18)28)20-13-14-21(26)24-22(20)27/h9,11-12,20H,2-6,8,13-16H2,1H3,(H,24,26,27). The number of fused-ring (bicyclic) bond motifs is 1. The van der Waals surface area contributed by atoms with E-state index in [0.717, 1.165) is 43.4 Å². The molecule has 6 heteroatoms. The zero-order valence-corrected chi connectivity index (χ0v) is 17.0. The molecule has 1 saturated heterocycles. The average Bonchev–Trinajstić information content (AvgIpc) is 3.04. The normalized spacial score (nSPS) is 18.3. The van der Waals surface area contributed by atoms with Crippen molar-refractivity contribution in [1.82, 2.24) is 10.2 Å². The maximum Gasteiger partial charge on any atom is 0.255 e. The summed E-state index contributed by atoms with van der Waals surface area (Å²) in [5, 5.41) is 2.33. The van der Waals surface area contributed by atoms with Crippen molar-refractivity contribution in [2.75, 3.05) is 13.7 Å². The Kier molecular flexibility index (Phi) is 7.42. The summed E-state index contributed by atoms with van der Waals surface area (Å²) in [6, 6.07) is 4.96. The van der Waals surface area contributed by atoms with Gasteiger partial charge in [0.15, 0.2) is 0 Å². The molecule has 29 heavy (non-hydrogen) atoms. The quantitative estimate of drug-likeness (QED) is 0.417. The fraction of sp³-hybridized carbons (Fsp3) is 0.522. The molecule has 0 spiro atoms. The third-order valence-corrected chi connectivity index (χ3v) is 5.46. The van der Waals surface area contributed by atoms with Gasteiger partial charge in [-0.1, -0.05) is 37.2 Å². The van der Waals surface area contributed by atoms with E-state index in [4.69, 9.17) is 4.74 Å². The molecule has 0 aliphatic carbocycles. The van der Waals surface area contributed by atoms with Gasteiger partial charge in [0.1, 0.15) is 6.04 Å². The van der Waals surface area contributed by atoms with Gasteiger partial charge in [0.25, 0.3) is 5.91 Å². The van der Waals surface area contributed by atoms with Gasteiger partial charge in [-0.05, 0) is 37.0 Å². The summed E-state index contributed by atoms with van der Waals surface area (Å²) in [4.78, 5) is 37.9. The smallest absolute Gasteiger partial charge is 0.255 e. The van der Waals surface area contributed by atoms with Crippen LogP contribution in [0.2, 0.25) is 0 Å². The number of nitrogens with zero attached hydrogens (tertiary/aromatic N) is 1. The number of benzene rings is 1. The van der Waals surface area contributed by atoms with E-state index in [9.17, 15) is 14.4 Å². The first-order chi connectivity index (χ1) is 14.1. The Hall–Kier alpha value is -2.65. The lowest BCUT2D eigenvalue weighted by Gasteiger charge is -2.29. The van der Waals surface area contributed by atoms with Crippen LogP contribution in [0.5, 0.6) is 0 Å². The van der Waals surface area contributed by atoms with Crippen molar-refractivity contribution in [2.45, 2.75) is 64.0 Å². The fourth-order valence-corrected chi connectivity index (χ4v) is 3.85. The molecular formula is C23H28N2O4. The number of hydrogen-bond acceptors (Lipinski definition) is 4. The van der Waals surface area contributed by atoms with Crippen molar-refractivity contribution in [1.29, 1.82) is 0 Å². The first-order valence-corrected chi connectivity index (χ1v) is 10.4. The molecule has 0 radical (unpaired) electrons. The van der Waals surface area contributed by atoms with Gasteiger partial charge in [-0.3, -0.25) is 19.7 Å². The number of imide groups is 1. The highest BCUT2D eigenvalue weighted by Gasteiger charge is 2.39. The Labute approximate surface area is 172 Å². The van der Waals surface area contributed by atoms with Crippen molar-refractivity contribution in [3.63, 3.8) is 0 Å². The second-order valence-electron chi connectivity index (χ2n) is 7.54. The van der Waals surface area contributed by atoms with Crippen molar-refractivity contribution < 1.29 is 19.1 Å². The third-order valence-electron chi connectivity index (χ3n) is 5.46. The number of unbranched alkanes of at least 4 members (excludes halogenated alkanes) is 5. The first kappa shape index (κ1) is 21.1. The Bertz CT molecular complexity index is 837. The van der Waals surface area contributed by atoms with Gasteiger partial charge in [0.2, 0.25) is 11.8 Å². The van der Waals surface area contributed by atoms with E-state index in [2.05, 4.69) is 17.2 Å². The van der Waals surface area contributed by atoms with Crippen LogP contribution in [-0.4, -0.2) is 42.4 Å². The minimum absolute atomic E-state index is 0.158. The monoisotopic (exact) mass is 396 g/mol.